The molecule has 0 unspecified atom stereocenters. The number of Topliss-reactive ketones (excluding diaryl/α,β-unsaturated/α-hetero) is 1. The molecule has 0 aliphatic carbocycles. The predicted molar refractivity (Wildman–Crippen MR) is 70.5 cm³/mol. The number of hydrogen-bond donors (Lipinski definition) is 0. The van der Waals surface area contributed by atoms with Gasteiger partial charge in [-0.25, -0.2) is 4.79 Å². The Labute approximate surface area is 111 Å². The largest absolute Gasteiger partial charge is 0.460 e. The molecular weight excluding hydrogens is 304 g/mol. The van der Waals surface area contributed by atoms with Gasteiger partial charge in [0.05, 0.1) is 11.5 Å². The van der Waals surface area contributed by atoms with Crippen LogP contribution >= 0.6 is 27.3 Å². The number of benzene rings is 1. The van der Waals surface area contributed by atoms with Crippen molar-refractivity contribution in [3.8, 4) is 0 Å². The van der Waals surface area contributed by atoms with E-state index in [-0.39, 0.29) is 6.61 Å². The summed E-state index contributed by atoms with van der Waals surface area (Å²) in [5, 5.41) is 0.950. The summed E-state index contributed by atoms with van der Waals surface area (Å²) in [6.07, 6.45) is 0. The van der Waals surface area contributed by atoms with Crippen LogP contribution in [0.4, 0.5) is 0 Å². The Bertz CT molecular complexity index is 588. The zero-order chi connectivity index (χ0) is 12.4. The van der Waals surface area contributed by atoms with Crippen molar-refractivity contribution < 1.29 is 14.3 Å². The number of ketones is 1. The average Bonchev–Trinajstić information content (AvgIpc) is 2.71. The molecule has 0 atom stereocenters. The van der Waals surface area contributed by atoms with E-state index in [0.29, 0.717) is 4.88 Å². The van der Waals surface area contributed by atoms with E-state index in [1.165, 1.54) is 11.3 Å². The Morgan fingerprint density at radius 2 is 2.12 bits per heavy atom. The van der Waals surface area contributed by atoms with Gasteiger partial charge in [0, 0.05) is 9.17 Å². The van der Waals surface area contributed by atoms with Crippen LogP contribution < -0.4 is 0 Å². The zero-order valence-electron chi connectivity index (χ0n) is 9.03. The number of thiophene rings is 1. The van der Waals surface area contributed by atoms with Crippen LogP contribution in [0.15, 0.2) is 28.7 Å². The summed E-state index contributed by atoms with van der Waals surface area (Å²) in [5.74, 6) is -1.37. The lowest BCUT2D eigenvalue weighted by Crippen LogP contribution is -2.16. The molecule has 1 heterocycles. The van der Waals surface area contributed by atoms with Gasteiger partial charge in [-0.15, -0.1) is 11.3 Å². The Morgan fingerprint density at radius 1 is 1.35 bits per heavy atom. The average molecular weight is 313 g/mol. The fourth-order valence-electron chi connectivity index (χ4n) is 1.41. The molecular formula is C12H9BrO3S. The number of ether oxygens (including phenoxy) is 1. The molecule has 0 aliphatic rings. The minimum absolute atomic E-state index is 0.209. The monoisotopic (exact) mass is 312 g/mol. The second kappa shape index (κ2) is 4.98. The van der Waals surface area contributed by atoms with Crippen molar-refractivity contribution in [2.24, 2.45) is 0 Å². The molecule has 2 rings (SSSR count). The van der Waals surface area contributed by atoms with E-state index in [9.17, 15) is 9.59 Å². The van der Waals surface area contributed by atoms with Gasteiger partial charge in [0.2, 0.25) is 0 Å². The Hall–Kier alpha value is -1.20. The third-order valence-corrected chi connectivity index (χ3v) is 3.76. The fraction of sp³-hybridized carbons (Fsp3) is 0.167. The van der Waals surface area contributed by atoms with Crippen LogP contribution in [-0.2, 0) is 9.53 Å². The van der Waals surface area contributed by atoms with Gasteiger partial charge >= 0.3 is 5.97 Å². The highest BCUT2D eigenvalue weighted by Crippen LogP contribution is 2.28. The normalized spacial score (nSPS) is 10.5. The molecule has 17 heavy (non-hydrogen) atoms. The molecule has 0 saturated carbocycles. The summed E-state index contributed by atoms with van der Waals surface area (Å²) >= 11 is 4.66. The molecule has 0 fully saturated rings. The lowest BCUT2D eigenvalue weighted by molar-refractivity contribution is -0.137. The number of esters is 1. The van der Waals surface area contributed by atoms with Gasteiger partial charge in [0.1, 0.15) is 0 Å². The number of rotatable bonds is 3. The highest BCUT2D eigenvalue weighted by atomic mass is 79.9. The first-order chi connectivity index (χ1) is 8.11. The number of hydrogen-bond acceptors (Lipinski definition) is 4. The van der Waals surface area contributed by atoms with Crippen molar-refractivity contribution >= 4 is 49.1 Å². The van der Waals surface area contributed by atoms with Gasteiger partial charge in [-0.1, -0.05) is 22.0 Å². The van der Waals surface area contributed by atoms with Crippen LogP contribution in [0.5, 0.6) is 0 Å². The van der Waals surface area contributed by atoms with Gasteiger partial charge in [-0.2, -0.15) is 0 Å². The quantitative estimate of drug-likeness (QED) is 0.495. The maximum atomic E-state index is 11.7. The van der Waals surface area contributed by atoms with Crippen molar-refractivity contribution in [1.82, 2.24) is 0 Å². The van der Waals surface area contributed by atoms with Crippen molar-refractivity contribution in [3.63, 3.8) is 0 Å². The lowest BCUT2D eigenvalue weighted by atomic mass is 10.2. The molecule has 1 aromatic heterocycles. The van der Waals surface area contributed by atoms with Gasteiger partial charge in [0.25, 0.3) is 5.78 Å². The van der Waals surface area contributed by atoms with E-state index in [1.807, 2.05) is 18.2 Å². The summed E-state index contributed by atoms with van der Waals surface area (Å²) in [6.45, 7) is 1.88. The molecule has 0 bridgehead atoms. The molecule has 2 aromatic rings. The van der Waals surface area contributed by atoms with Gasteiger partial charge in [0.15, 0.2) is 0 Å². The van der Waals surface area contributed by atoms with E-state index in [0.717, 1.165) is 14.6 Å². The van der Waals surface area contributed by atoms with Gasteiger partial charge in [-0.3, -0.25) is 4.79 Å². The Kier molecular flexibility index (Phi) is 3.59. The van der Waals surface area contributed by atoms with E-state index >= 15 is 0 Å². The van der Waals surface area contributed by atoms with Crippen molar-refractivity contribution in [2.75, 3.05) is 6.61 Å². The van der Waals surface area contributed by atoms with Crippen molar-refractivity contribution in [2.45, 2.75) is 6.92 Å². The summed E-state index contributed by atoms with van der Waals surface area (Å²) in [6, 6.07) is 7.43. The molecule has 0 saturated heterocycles. The first-order valence-electron chi connectivity index (χ1n) is 5.02. The summed E-state index contributed by atoms with van der Waals surface area (Å²) in [4.78, 5) is 23.4. The minimum atomic E-state index is -0.793. The van der Waals surface area contributed by atoms with E-state index in [2.05, 4.69) is 20.7 Å². The van der Waals surface area contributed by atoms with Gasteiger partial charge < -0.3 is 4.74 Å². The lowest BCUT2D eigenvalue weighted by Gasteiger charge is -1.96. The summed E-state index contributed by atoms with van der Waals surface area (Å²) in [5.41, 5.74) is 0. The highest BCUT2D eigenvalue weighted by Gasteiger charge is 2.19. The standard InChI is InChI=1S/C12H9BrO3S/c1-2-16-12(15)11(14)10-5-7-3-4-8(13)6-9(7)17-10/h3-6H,2H2,1H3. The molecule has 0 N–H and O–H groups in total. The maximum absolute atomic E-state index is 11.7. The minimum Gasteiger partial charge on any atom is -0.460 e. The maximum Gasteiger partial charge on any atom is 0.380 e. The third-order valence-electron chi connectivity index (χ3n) is 2.17. The Morgan fingerprint density at radius 3 is 2.82 bits per heavy atom. The fourth-order valence-corrected chi connectivity index (χ4v) is 2.96. The number of fused-ring (bicyclic) bond motifs is 1. The molecule has 0 spiro atoms. The number of carbonyl (C=O) groups is 2. The molecule has 1 aromatic carbocycles. The molecule has 5 heteroatoms. The van der Waals surface area contributed by atoms with Crippen LogP contribution in [0.25, 0.3) is 10.1 Å². The molecule has 0 aliphatic heterocycles. The predicted octanol–water partition coefficient (Wildman–Crippen LogP) is 3.41. The van der Waals surface area contributed by atoms with E-state index in [1.54, 1.807) is 13.0 Å². The molecule has 3 nitrogen and oxygen atoms in total. The molecule has 0 radical (unpaired) electrons. The van der Waals surface area contributed by atoms with E-state index < -0.39 is 11.8 Å². The first-order valence-corrected chi connectivity index (χ1v) is 6.63. The van der Waals surface area contributed by atoms with Gasteiger partial charge in [-0.05, 0) is 30.5 Å². The van der Waals surface area contributed by atoms with Crippen molar-refractivity contribution in [3.05, 3.63) is 33.6 Å². The van der Waals surface area contributed by atoms with Crippen LogP contribution in [-0.4, -0.2) is 18.4 Å². The zero-order valence-corrected chi connectivity index (χ0v) is 11.4. The molecule has 0 amide bonds. The van der Waals surface area contributed by atoms with Crippen LogP contribution in [0.3, 0.4) is 0 Å². The van der Waals surface area contributed by atoms with Crippen LogP contribution in [0, 0.1) is 0 Å². The topological polar surface area (TPSA) is 43.4 Å². The van der Waals surface area contributed by atoms with E-state index in [4.69, 9.17) is 0 Å². The van der Waals surface area contributed by atoms with Crippen LogP contribution in [0.2, 0.25) is 0 Å². The highest BCUT2D eigenvalue weighted by molar-refractivity contribution is 9.10. The second-order valence-electron chi connectivity index (χ2n) is 3.34. The SMILES string of the molecule is CCOC(=O)C(=O)c1cc2ccc(Br)cc2s1. The number of carbonyl (C=O) groups excluding carboxylic acids is 2. The van der Waals surface area contributed by atoms with Crippen LogP contribution in [0.1, 0.15) is 16.6 Å². The smallest absolute Gasteiger partial charge is 0.380 e. The Balaban J connectivity index is 2.36. The summed E-state index contributed by atoms with van der Waals surface area (Å²) in [7, 11) is 0. The van der Waals surface area contributed by atoms with Crippen molar-refractivity contribution in [1.29, 1.82) is 0 Å². The number of halogens is 1. The first kappa shape index (κ1) is 12.3. The molecule has 88 valence electrons. The third kappa shape index (κ3) is 2.56. The second-order valence-corrected chi connectivity index (χ2v) is 5.34. The summed E-state index contributed by atoms with van der Waals surface area (Å²) < 4.78 is 6.60.